The fraction of sp³-hybridized carbons (Fsp3) is 0.688. The van der Waals surface area contributed by atoms with Crippen molar-refractivity contribution in [3.05, 3.63) is 23.8 Å². The zero-order valence-electron chi connectivity index (χ0n) is 13.7. The van der Waals surface area contributed by atoms with E-state index in [1.165, 1.54) is 19.3 Å². The van der Waals surface area contributed by atoms with Crippen molar-refractivity contribution in [1.82, 2.24) is 20.2 Å². The molecule has 1 saturated heterocycles. The Bertz CT molecular complexity index is 493. The second-order valence-electron chi connectivity index (χ2n) is 5.87. The van der Waals surface area contributed by atoms with E-state index in [1.54, 1.807) is 6.20 Å². The second-order valence-corrected chi connectivity index (χ2v) is 5.87. The van der Waals surface area contributed by atoms with Gasteiger partial charge in [0.2, 0.25) is 0 Å². The number of rotatable bonds is 4. The molecule has 2 heterocycles. The molecule has 0 bridgehead atoms. The fourth-order valence-electron chi connectivity index (χ4n) is 3.05. The van der Waals surface area contributed by atoms with Crippen LogP contribution >= 0.6 is 0 Å². The highest BCUT2D eigenvalue weighted by Gasteiger charge is 2.36. The molecule has 116 valence electrons. The van der Waals surface area contributed by atoms with Crippen molar-refractivity contribution >= 4 is 5.96 Å². The molecule has 1 aliphatic heterocycles. The lowest BCUT2D eigenvalue weighted by molar-refractivity contribution is 0.276. The summed E-state index contributed by atoms with van der Waals surface area (Å²) in [5, 5.41) is 3.43. The number of likely N-dealkylation sites (tertiary alicyclic amines) is 1. The third kappa shape index (κ3) is 3.71. The van der Waals surface area contributed by atoms with Crippen molar-refractivity contribution in [2.75, 3.05) is 20.1 Å². The minimum Gasteiger partial charge on any atom is -0.351 e. The molecule has 0 spiro atoms. The second kappa shape index (κ2) is 6.87. The highest BCUT2D eigenvalue weighted by molar-refractivity contribution is 5.80. The van der Waals surface area contributed by atoms with Crippen LogP contribution in [-0.2, 0) is 6.54 Å². The summed E-state index contributed by atoms with van der Waals surface area (Å²) in [5.74, 6) is 1.79. The van der Waals surface area contributed by atoms with E-state index < -0.39 is 0 Å². The average molecular weight is 289 g/mol. The summed E-state index contributed by atoms with van der Waals surface area (Å²) in [6.45, 7) is 9.39. The lowest BCUT2D eigenvalue weighted by atomic mass is 9.82. The monoisotopic (exact) mass is 289 g/mol. The fourth-order valence-corrected chi connectivity index (χ4v) is 3.05. The van der Waals surface area contributed by atoms with Gasteiger partial charge in [0.15, 0.2) is 5.96 Å². The predicted octanol–water partition coefficient (Wildman–Crippen LogP) is 2.37. The lowest BCUT2D eigenvalue weighted by Crippen LogP contribution is -2.41. The quantitative estimate of drug-likeness (QED) is 0.683. The third-order valence-electron chi connectivity index (χ3n) is 4.71. The number of nitrogens with zero attached hydrogens (tertiary/aromatic N) is 4. The maximum absolute atomic E-state index is 4.43. The van der Waals surface area contributed by atoms with Gasteiger partial charge in [-0.15, -0.1) is 0 Å². The number of aryl methyl sites for hydroxylation is 1. The molecule has 2 rings (SSSR count). The van der Waals surface area contributed by atoms with Crippen LogP contribution in [0.4, 0.5) is 0 Å². The topological polar surface area (TPSA) is 53.4 Å². The van der Waals surface area contributed by atoms with Gasteiger partial charge in [-0.2, -0.15) is 0 Å². The first-order valence-corrected chi connectivity index (χ1v) is 7.86. The summed E-state index contributed by atoms with van der Waals surface area (Å²) in [7, 11) is 1.85. The largest absolute Gasteiger partial charge is 0.351 e. The minimum absolute atomic E-state index is 0.461. The van der Waals surface area contributed by atoms with Gasteiger partial charge in [0.25, 0.3) is 0 Å². The van der Waals surface area contributed by atoms with E-state index in [2.05, 4.69) is 39.0 Å². The molecule has 0 unspecified atom stereocenters. The normalized spacial score (nSPS) is 18.1. The molecule has 5 nitrogen and oxygen atoms in total. The summed E-state index contributed by atoms with van der Waals surface area (Å²) in [6.07, 6.45) is 5.54. The Morgan fingerprint density at radius 2 is 2.19 bits per heavy atom. The molecular weight excluding hydrogens is 262 g/mol. The number of hydrogen-bond donors (Lipinski definition) is 1. The van der Waals surface area contributed by atoms with Gasteiger partial charge >= 0.3 is 0 Å². The summed E-state index contributed by atoms with van der Waals surface area (Å²) < 4.78 is 0. The molecule has 5 heteroatoms. The number of hydrogen-bond acceptors (Lipinski definition) is 3. The first-order valence-electron chi connectivity index (χ1n) is 7.86. The van der Waals surface area contributed by atoms with Gasteiger partial charge in [-0.25, -0.2) is 9.97 Å². The van der Waals surface area contributed by atoms with Crippen LogP contribution in [0.1, 0.15) is 44.6 Å². The molecular formula is C16H27N5. The highest BCUT2D eigenvalue weighted by Crippen LogP contribution is 2.36. The van der Waals surface area contributed by atoms with Crippen molar-refractivity contribution in [2.24, 2.45) is 10.4 Å². The lowest BCUT2D eigenvalue weighted by Gasteiger charge is -2.27. The van der Waals surface area contributed by atoms with Crippen molar-refractivity contribution in [3.63, 3.8) is 0 Å². The molecule has 1 aromatic rings. The van der Waals surface area contributed by atoms with Crippen LogP contribution in [0.3, 0.4) is 0 Å². The van der Waals surface area contributed by atoms with Crippen molar-refractivity contribution < 1.29 is 0 Å². The Morgan fingerprint density at radius 3 is 2.76 bits per heavy atom. The Labute approximate surface area is 127 Å². The van der Waals surface area contributed by atoms with Crippen molar-refractivity contribution in [3.8, 4) is 0 Å². The van der Waals surface area contributed by atoms with E-state index in [1.807, 2.05) is 20.0 Å². The first kappa shape index (κ1) is 15.7. The maximum atomic E-state index is 4.43. The van der Waals surface area contributed by atoms with Gasteiger partial charge < -0.3 is 10.2 Å². The van der Waals surface area contributed by atoms with Gasteiger partial charge in [0, 0.05) is 26.3 Å². The molecule has 1 fully saturated rings. The number of guanidine groups is 1. The molecule has 1 aliphatic rings. The molecule has 1 aromatic heterocycles. The summed E-state index contributed by atoms with van der Waals surface area (Å²) in [4.78, 5) is 15.4. The van der Waals surface area contributed by atoms with Crippen LogP contribution in [0, 0.1) is 12.3 Å². The molecule has 0 amide bonds. The van der Waals surface area contributed by atoms with Crippen molar-refractivity contribution in [2.45, 2.75) is 46.6 Å². The van der Waals surface area contributed by atoms with Gasteiger partial charge in [-0.1, -0.05) is 13.8 Å². The summed E-state index contributed by atoms with van der Waals surface area (Å²) >= 11 is 0. The zero-order valence-corrected chi connectivity index (χ0v) is 13.7. The third-order valence-corrected chi connectivity index (χ3v) is 4.71. The Morgan fingerprint density at radius 1 is 1.43 bits per heavy atom. The van der Waals surface area contributed by atoms with Gasteiger partial charge in [-0.3, -0.25) is 4.99 Å². The van der Waals surface area contributed by atoms with Gasteiger partial charge in [0.1, 0.15) is 5.82 Å². The van der Waals surface area contributed by atoms with E-state index in [4.69, 9.17) is 0 Å². The SMILES string of the molecule is CCC1(CC)CCN(C(=NC)NCc2ccnc(C)n2)C1. The average Bonchev–Trinajstić information content (AvgIpc) is 2.93. The van der Waals surface area contributed by atoms with Crippen LogP contribution in [0.5, 0.6) is 0 Å². The zero-order chi connectivity index (χ0) is 15.3. The number of aliphatic imine (C=N–C) groups is 1. The summed E-state index contributed by atoms with van der Waals surface area (Å²) in [6, 6.07) is 1.94. The van der Waals surface area contributed by atoms with Crippen molar-refractivity contribution in [1.29, 1.82) is 0 Å². The van der Waals surface area contributed by atoms with Crippen LogP contribution in [0.2, 0.25) is 0 Å². The molecule has 0 aromatic carbocycles. The predicted molar refractivity (Wildman–Crippen MR) is 86.2 cm³/mol. The highest BCUT2D eigenvalue weighted by atomic mass is 15.3. The maximum Gasteiger partial charge on any atom is 0.193 e. The Kier molecular flexibility index (Phi) is 5.15. The molecule has 0 aliphatic carbocycles. The molecule has 0 atom stereocenters. The van der Waals surface area contributed by atoms with E-state index >= 15 is 0 Å². The van der Waals surface area contributed by atoms with E-state index in [0.29, 0.717) is 12.0 Å². The van der Waals surface area contributed by atoms with E-state index in [-0.39, 0.29) is 0 Å². The first-order chi connectivity index (χ1) is 10.1. The van der Waals surface area contributed by atoms with Gasteiger partial charge in [0.05, 0.1) is 12.2 Å². The molecule has 21 heavy (non-hydrogen) atoms. The molecule has 0 saturated carbocycles. The van der Waals surface area contributed by atoms with Crippen LogP contribution in [0.15, 0.2) is 17.3 Å². The molecule has 0 radical (unpaired) electrons. The molecule has 1 N–H and O–H groups in total. The van der Waals surface area contributed by atoms with Gasteiger partial charge in [-0.05, 0) is 37.7 Å². The van der Waals surface area contributed by atoms with Crippen LogP contribution in [0.25, 0.3) is 0 Å². The minimum atomic E-state index is 0.461. The Hall–Kier alpha value is -1.65. The summed E-state index contributed by atoms with van der Waals surface area (Å²) in [5.41, 5.74) is 1.46. The standard InChI is InChI=1S/C16H27N5/c1-5-16(6-2)8-10-21(12-16)15(17-4)19-11-14-7-9-18-13(3)20-14/h7,9H,5-6,8,10-12H2,1-4H3,(H,17,19). The smallest absolute Gasteiger partial charge is 0.193 e. The van der Waals surface area contributed by atoms with Crippen LogP contribution in [-0.4, -0.2) is 41.0 Å². The van der Waals surface area contributed by atoms with Crippen LogP contribution < -0.4 is 5.32 Å². The van der Waals surface area contributed by atoms with E-state index in [9.17, 15) is 0 Å². The Balaban J connectivity index is 1.96. The number of nitrogens with one attached hydrogen (secondary N) is 1. The number of aromatic nitrogens is 2. The van der Waals surface area contributed by atoms with E-state index in [0.717, 1.165) is 30.6 Å².